The normalized spacial score (nSPS) is 17.6. The molecule has 1 aliphatic carbocycles. The van der Waals surface area contributed by atoms with E-state index in [9.17, 15) is 4.79 Å². The third kappa shape index (κ3) is 3.31. The summed E-state index contributed by atoms with van der Waals surface area (Å²) in [7, 11) is 0. The summed E-state index contributed by atoms with van der Waals surface area (Å²) in [6.45, 7) is 7.42. The first-order chi connectivity index (χ1) is 9.51. The molecule has 0 saturated carbocycles. The van der Waals surface area contributed by atoms with Gasteiger partial charge in [-0.05, 0) is 56.5 Å². The van der Waals surface area contributed by atoms with Crippen molar-refractivity contribution in [1.29, 1.82) is 0 Å². The summed E-state index contributed by atoms with van der Waals surface area (Å²) >= 11 is 0. The number of carbonyl (C=O) groups excluding carboxylic acids is 1. The lowest BCUT2D eigenvalue weighted by atomic mass is 10.1. The van der Waals surface area contributed by atoms with Crippen molar-refractivity contribution in [2.45, 2.75) is 45.7 Å². The average molecular weight is 275 g/mol. The Kier molecular flexibility index (Phi) is 4.65. The Morgan fingerprint density at radius 2 is 2.25 bits per heavy atom. The molecule has 110 valence electrons. The van der Waals surface area contributed by atoms with Crippen LogP contribution < -0.4 is 11.1 Å². The van der Waals surface area contributed by atoms with Crippen molar-refractivity contribution < 1.29 is 4.79 Å². The van der Waals surface area contributed by atoms with Crippen LogP contribution in [0.5, 0.6) is 0 Å². The molecule has 0 aliphatic heterocycles. The first kappa shape index (κ1) is 14.9. The van der Waals surface area contributed by atoms with Gasteiger partial charge in [-0.1, -0.05) is 13.0 Å². The van der Waals surface area contributed by atoms with E-state index in [4.69, 9.17) is 5.73 Å². The summed E-state index contributed by atoms with van der Waals surface area (Å²) in [5.41, 5.74) is 9.33. The molecule has 1 amide bonds. The van der Waals surface area contributed by atoms with E-state index in [1.165, 1.54) is 11.1 Å². The lowest BCUT2D eigenvalue weighted by Crippen LogP contribution is -2.41. The minimum Gasteiger partial charge on any atom is -0.399 e. The van der Waals surface area contributed by atoms with Gasteiger partial charge in [0, 0.05) is 17.8 Å². The predicted molar refractivity (Wildman–Crippen MR) is 82.4 cm³/mol. The Morgan fingerprint density at radius 3 is 2.90 bits per heavy atom. The molecule has 0 spiro atoms. The molecule has 3 N–H and O–H groups in total. The number of anilines is 1. The maximum atomic E-state index is 12.0. The van der Waals surface area contributed by atoms with Gasteiger partial charge >= 0.3 is 0 Å². The lowest BCUT2D eigenvalue weighted by Gasteiger charge is -2.28. The van der Waals surface area contributed by atoms with Gasteiger partial charge in [-0.25, -0.2) is 0 Å². The van der Waals surface area contributed by atoms with Crippen molar-refractivity contribution in [1.82, 2.24) is 10.2 Å². The number of nitrogens with zero attached hydrogens (tertiary/aromatic N) is 1. The predicted octanol–water partition coefficient (Wildman–Crippen LogP) is 2.10. The number of amides is 1. The summed E-state index contributed by atoms with van der Waals surface area (Å²) in [4.78, 5) is 14.2. The monoisotopic (exact) mass is 275 g/mol. The Morgan fingerprint density at radius 1 is 1.50 bits per heavy atom. The van der Waals surface area contributed by atoms with E-state index in [1.807, 2.05) is 19.9 Å². The Bertz CT molecular complexity index is 485. The number of aryl methyl sites for hydroxylation is 1. The van der Waals surface area contributed by atoms with Crippen molar-refractivity contribution in [3.63, 3.8) is 0 Å². The minimum atomic E-state index is 0.103. The van der Waals surface area contributed by atoms with Crippen LogP contribution in [0.2, 0.25) is 0 Å². The van der Waals surface area contributed by atoms with Crippen molar-refractivity contribution in [3.05, 3.63) is 29.3 Å². The SMILES string of the molecule is CCN(CC(=O)NC(C)C)C1CCc2cc(N)ccc21. The molecule has 1 unspecified atom stereocenters. The van der Waals surface area contributed by atoms with Crippen molar-refractivity contribution in [3.8, 4) is 0 Å². The van der Waals surface area contributed by atoms with Gasteiger partial charge < -0.3 is 11.1 Å². The van der Waals surface area contributed by atoms with Crippen LogP contribution >= 0.6 is 0 Å². The number of likely N-dealkylation sites (N-methyl/N-ethyl adjacent to an activating group) is 1. The van der Waals surface area contributed by atoms with Crippen LogP contribution in [0.15, 0.2) is 18.2 Å². The number of benzene rings is 1. The molecule has 1 aromatic carbocycles. The topological polar surface area (TPSA) is 58.4 Å². The molecular weight excluding hydrogens is 250 g/mol. The van der Waals surface area contributed by atoms with E-state index >= 15 is 0 Å². The summed E-state index contributed by atoms with van der Waals surface area (Å²) in [6, 6.07) is 6.67. The number of nitrogens with one attached hydrogen (secondary N) is 1. The molecular formula is C16H25N3O. The highest BCUT2D eigenvalue weighted by atomic mass is 16.2. The zero-order valence-corrected chi connectivity index (χ0v) is 12.6. The summed E-state index contributed by atoms with van der Waals surface area (Å²) in [5, 5.41) is 2.96. The number of hydrogen-bond donors (Lipinski definition) is 2. The van der Waals surface area contributed by atoms with E-state index in [0.717, 1.165) is 25.1 Å². The van der Waals surface area contributed by atoms with Crippen molar-refractivity contribution in [2.75, 3.05) is 18.8 Å². The van der Waals surface area contributed by atoms with Gasteiger partial charge in [-0.2, -0.15) is 0 Å². The fourth-order valence-corrected chi connectivity index (χ4v) is 2.99. The summed E-state index contributed by atoms with van der Waals surface area (Å²) in [5.74, 6) is 0.103. The Balaban J connectivity index is 2.09. The highest BCUT2D eigenvalue weighted by Crippen LogP contribution is 2.36. The highest BCUT2D eigenvalue weighted by Gasteiger charge is 2.28. The van der Waals surface area contributed by atoms with Gasteiger partial charge in [0.25, 0.3) is 0 Å². The summed E-state index contributed by atoms with van der Waals surface area (Å²) in [6.07, 6.45) is 2.12. The van der Waals surface area contributed by atoms with Gasteiger partial charge in [0.05, 0.1) is 6.54 Å². The summed E-state index contributed by atoms with van der Waals surface area (Å²) < 4.78 is 0. The lowest BCUT2D eigenvalue weighted by molar-refractivity contribution is -0.123. The number of hydrogen-bond acceptors (Lipinski definition) is 3. The van der Waals surface area contributed by atoms with Crippen molar-refractivity contribution >= 4 is 11.6 Å². The van der Waals surface area contributed by atoms with E-state index < -0.39 is 0 Å². The molecule has 2 rings (SSSR count). The Hall–Kier alpha value is -1.55. The maximum Gasteiger partial charge on any atom is 0.234 e. The van der Waals surface area contributed by atoms with Crippen LogP contribution in [0.1, 0.15) is 44.4 Å². The number of nitrogens with two attached hydrogens (primary N) is 1. The average Bonchev–Trinajstić information content (AvgIpc) is 2.77. The molecule has 4 nitrogen and oxygen atoms in total. The van der Waals surface area contributed by atoms with Gasteiger partial charge in [0.2, 0.25) is 5.91 Å². The second-order valence-electron chi connectivity index (χ2n) is 5.80. The van der Waals surface area contributed by atoms with Gasteiger partial charge in [-0.3, -0.25) is 9.69 Å². The van der Waals surface area contributed by atoms with Gasteiger partial charge in [0.15, 0.2) is 0 Å². The van der Waals surface area contributed by atoms with Crippen molar-refractivity contribution in [2.24, 2.45) is 0 Å². The second-order valence-corrected chi connectivity index (χ2v) is 5.80. The van der Waals surface area contributed by atoms with Crippen LogP contribution in [0.3, 0.4) is 0 Å². The first-order valence-electron chi connectivity index (χ1n) is 7.43. The van der Waals surface area contributed by atoms with Crippen LogP contribution in [0.4, 0.5) is 5.69 Å². The van der Waals surface area contributed by atoms with Gasteiger partial charge in [0.1, 0.15) is 0 Å². The fraction of sp³-hybridized carbons (Fsp3) is 0.562. The second kappa shape index (κ2) is 6.27. The first-order valence-corrected chi connectivity index (χ1v) is 7.43. The van der Waals surface area contributed by atoms with E-state index in [2.05, 4.69) is 29.3 Å². The zero-order chi connectivity index (χ0) is 14.7. The zero-order valence-electron chi connectivity index (χ0n) is 12.6. The quantitative estimate of drug-likeness (QED) is 0.809. The van der Waals surface area contributed by atoms with Crippen LogP contribution in [-0.2, 0) is 11.2 Å². The number of carbonyl (C=O) groups is 1. The van der Waals surface area contributed by atoms with Crippen LogP contribution in [0, 0.1) is 0 Å². The van der Waals surface area contributed by atoms with E-state index in [-0.39, 0.29) is 11.9 Å². The maximum absolute atomic E-state index is 12.0. The fourth-order valence-electron chi connectivity index (χ4n) is 2.99. The smallest absolute Gasteiger partial charge is 0.234 e. The molecule has 1 aliphatic rings. The molecule has 20 heavy (non-hydrogen) atoms. The molecule has 0 saturated heterocycles. The molecule has 0 fully saturated rings. The van der Waals surface area contributed by atoms with E-state index in [0.29, 0.717) is 12.6 Å². The van der Waals surface area contributed by atoms with Crippen LogP contribution in [0.25, 0.3) is 0 Å². The van der Waals surface area contributed by atoms with Gasteiger partial charge in [-0.15, -0.1) is 0 Å². The third-order valence-corrected chi connectivity index (χ3v) is 3.86. The number of rotatable bonds is 5. The molecule has 0 bridgehead atoms. The standard InChI is InChI=1S/C16H25N3O/c1-4-19(10-16(20)18-11(2)3)15-8-5-12-9-13(17)6-7-14(12)15/h6-7,9,11,15H,4-5,8,10,17H2,1-3H3,(H,18,20). The molecule has 4 heteroatoms. The number of fused-ring (bicyclic) bond motifs is 1. The molecule has 1 aromatic rings. The Labute approximate surface area is 121 Å². The van der Waals surface area contributed by atoms with E-state index in [1.54, 1.807) is 0 Å². The minimum absolute atomic E-state index is 0.103. The molecule has 0 heterocycles. The van der Waals surface area contributed by atoms with Crippen LogP contribution in [-0.4, -0.2) is 29.9 Å². The molecule has 1 atom stereocenters. The number of nitrogen functional groups attached to an aromatic ring is 1. The molecule has 0 aromatic heterocycles. The molecule has 0 radical (unpaired) electrons. The third-order valence-electron chi connectivity index (χ3n) is 3.86. The highest BCUT2D eigenvalue weighted by molar-refractivity contribution is 5.78. The largest absolute Gasteiger partial charge is 0.399 e.